The van der Waals surface area contributed by atoms with Gasteiger partial charge in [0.25, 0.3) is 5.56 Å². The van der Waals surface area contributed by atoms with Gasteiger partial charge in [0, 0.05) is 6.54 Å². The lowest BCUT2D eigenvalue weighted by Crippen LogP contribution is -2.29. The predicted octanol–water partition coefficient (Wildman–Crippen LogP) is 2.67. The number of benzene rings is 1. The Morgan fingerprint density at radius 3 is 2.86 bits per heavy atom. The van der Waals surface area contributed by atoms with E-state index in [9.17, 15) is 14.4 Å². The van der Waals surface area contributed by atoms with Crippen LogP contribution in [0.1, 0.15) is 32.1 Å². The largest absolute Gasteiger partial charge is 0.468 e. The third-order valence-corrected chi connectivity index (χ3v) is 5.80. The fraction of sp³-hybridized carbons (Fsp3) is 0.429. The number of nitrogens with zero attached hydrogens (tertiary/aromatic N) is 2. The van der Waals surface area contributed by atoms with Crippen molar-refractivity contribution in [2.45, 2.75) is 43.8 Å². The first-order valence-electron chi connectivity index (χ1n) is 9.72. The molecule has 0 aliphatic heterocycles. The average Bonchev–Trinajstić information content (AvgIpc) is 2.75. The maximum Gasteiger partial charge on any atom is 0.325 e. The molecule has 0 saturated carbocycles. The van der Waals surface area contributed by atoms with Gasteiger partial charge in [0.05, 0.1) is 23.8 Å². The Balaban J connectivity index is 1.67. The van der Waals surface area contributed by atoms with Crippen LogP contribution in [-0.4, -0.2) is 40.8 Å². The highest BCUT2D eigenvalue weighted by Gasteiger charge is 2.16. The van der Waals surface area contributed by atoms with Crippen molar-refractivity contribution in [1.82, 2.24) is 14.9 Å². The molecule has 2 aromatic rings. The molecule has 0 bridgehead atoms. The number of para-hydroxylation sites is 1. The number of hydrogen-bond donors (Lipinski definition) is 1. The highest BCUT2D eigenvalue weighted by molar-refractivity contribution is 7.99. The van der Waals surface area contributed by atoms with E-state index in [0.29, 0.717) is 22.6 Å². The second-order valence-corrected chi connectivity index (χ2v) is 7.82. The number of hydrogen-bond acceptors (Lipinski definition) is 6. The first-order valence-corrected chi connectivity index (χ1v) is 10.7. The van der Waals surface area contributed by atoms with Crippen molar-refractivity contribution in [1.29, 1.82) is 0 Å². The predicted molar refractivity (Wildman–Crippen MR) is 113 cm³/mol. The molecule has 0 unspecified atom stereocenters. The van der Waals surface area contributed by atoms with Gasteiger partial charge in [-0.2, -0.15) is 0 Å². The van der Waals surface area contributed by atoms with Gasteiger partial charge < -0.3 is 10.1 Å². The van der Waals surface area contributed by atoms with E-state index in [1.165, 1.54) is 30.1 Å². The van der Waals surface area contributed by atoms with Crippen LogP contribution in [-0.2, 0) is 20.9 Å². The molecule has 7 nitrogen and oxygen atoms in total. The van der Waals surface area contributed by atoms with Crippen LogP contribution in [0.4, 0.5) is 0 Å². The van der Waals surface area contributed by atoms with Crippen LogP contribution < -0.4 is 10.9 Å². The first kappa shape index (κ1) is 21.1. The van der Waals surface area contributed by atoms with Crippen LogP contribution in [0.3, 0.4) is 0 Å². The molecule has 0 saturated heterocycles. The number of thioether (sulfide) groups is 1. The van der Waals surface area contributed by atoms with E-state index < -0.39 is 5.97 Å². The highest BCUT2D eigenvalue weighted by atomic mass is 32.2. The summed E-state index contributed by atoms with van der Waals surface area (Å²) in [5.74, 6) is -0.556. The smallest absolute Gasteiger partial charge is 0.325 e. The summed E-state index contributed by atoms with van der Waals surface area (Å²) in [5, 5.41) is 3.66. The van der Waals surface area contributed by atoms with Crippen LogP contribution in [0.5, 0.6) is 0 Å². The summed E-state index contributed by atoms with van der Waals surface area (Å²) in [4.78, 5) is 41.3. The molecule has 0 spiro atoms. The van der Waals surface area contributed by atoms with Crippen LogP contribution in [0.2, 0.25) is 0 Å². The van der Waals surface area contributed by atoms with Gasteiger partial charge in [-0.1, -0.05) is 35.5 Å². The molecule has 0 radical (unpaired) electrons. The van der Waals surface area contributed by atoms with E-state index in [0.717, 1.165) is 31.0 Å². The summed E-state index contributed by atoms with van der Waals surface area (Å²) in [6.07, 6.45) is 7.86. The Kier molecular flexibility index (Phi) is 7.46. The summed E-state index contributed by atoms with van der Waals surface area (Å²) in [6.45, 7) is 0.358. The van der Waals surface area contributed by atoms with Gasteiger partial charge in [0.1, 0.15) is 6.54 Å². The average molecular weight is 416 g/mol. The standard InChI is InChI=1S/C21H25N3O4S/c1-28-19(26)13-24-20(27)16-9-5-6-10-17(16)23-21(24)29-14-18(25)22-12-11-15-7-3-2-4-8-15/h5-7,9-10H,2-4,8,11-14H2,1H3,(H,22,25). The number of aromatic nitrogens is 2. The molecular formula is C21H25N3O4S. The number of allylic oxidation sites excluding steroid dienone is 1. The number of methoxy groups -OCH3 is 1. The van der Waals surface area contributed by atoms with Crippen LogP contribution in [0.25, 0.3) is 10.9 Å². The highest BCUT2D eigenvalue weighted by Crippen LogP contribution is 2.20. The monoisotopic (exact) mass is 415 g/mol. The lowest BCUT2D eigenvalue weighted by Gasteiger charge is -2.13. The molecule has 1 aliphatic rings. The Labute approximate surface area is 173 Å². The number of nitrogens with one attached hydrogen (secondary N) is 1. The molecule has 29 heavy (non-hydrogen) atoms. The molecule has 1 amide bonds. The molecule has 1 aromatic heterocycles. The quantitative estimate of drug-likeness (QED) is 0.309. The normalized spacial score (nSPS) is 13.8. The minimum absolute atomic E-state index is 0.116. The van der Waals surface area contributed by atoms with Crippen molar-refractivity contribution in [2.75, 3.05) is 19.4 Å². The molecule has 0 atom stereocenters. The van der Waals surface area contributed by atoms with Gasteiger partial charge in [-0.3, -0.25) is 19.0 Å². The SMILES string of the molecule is COC(=O)Cn1c(SCC(=O)NCCC2=CCCCC2)nc2ccccc2c1=O. The van der Waals surface area contributed by atoms with Crippen LogP contribution in [0, 0.1) is 0 Å². The van der Waals surface area contributed by atoms with Gasteiger partial charge in [0.2, 0.25) is 5.91 Å². The lowest BCUT2D eigenvalue weighted by atomic mass is 9.97. The van der Waals surface area contributed by atoms with Gasteiger partial charge in [0.15, 0.2) is 5.16 Å². The minimum atomic E-state index is -0.545. The number of carbonyl (C=O) groups excluding carboxylic acids is 2. The zero-order valence-electron chi connectivity index (χ0n) is 16.5. The maximum absolute atomic E-state index is 12.8. The molecule has 1 N–H and O–H groups in total. The summed E-state index contributed by atoms with van der Waals surface area (Å²) < 4.78 is 5.96. The minimum Gasteiger partial charge on any atom is -0.468 e. The maximum atomic E-state index is 12.8. The van der Waals surface area contributed by atoms with Crippen molar-refractivity contribution in [2.24, 2.45) is 0 Å². The van der Waals surface area contributed by atoms with E-state index in [2.05, 4.69) is 16.4 Å². The summed E-state index contributed by atoms with van der Waals surface area (Å²) in [6, 6.07) is 6.94. The first-order chi connectivity index (χ1) is 14.1. The number of rotatable bonds is 8. The van der Waals surface area contributed by atoms with Crippen molar-refractivity contribution in [3.05, 3.63) is 46.3 Å². The topological polar surface area (TPSA) is 90.3 Å². The van der Waals surface area contributed by atoms with E-state index in [4.69, 9.17) is 4.74 Å². The fourth-order valence-electron chi connectivity index (χ4n) is 3.27. The summed E-state index contributed by atoms with van der Waals surface area (Å²) in [7, 11) is 1.27. The Morgan fingerprint density at radius 2 is 2.10 bits per heavy atom. The molecule has 1 heterocycles. The molecule has 1 aromatic carbocycles. The number of esters is 1. The van der Waals surface area contributed by atoms with Gasteiger partial charge in [-0.05, 0) is 44.2 Å². The number of amides is 1. The molecule has 154 valence electrons. The molecule has 0 fully saturated rings. The zero-order chi connectivity index (χ0) is 20.6. The van der Waals surface area contributed by atoms with E-state index in [-0.39, 0.29) is 23.8 Å². The van der Waals surface area contributed by atoms with E-state index in [1.807, 2.05) is 0 Å². The molecule has 1 aliphatic carbocycles. The van der Waals surface area contributed by atoms with E-state index in [1.54, 1.807) is 24.3 Å². The Hall–Kier alpha value is -2.61. The molecule has 3 rings (SSSR count). The van der Waals surface area contributed by atoms with Crippen LogP contribution in [0.15, 0.2) is 45.9 Å². The molecular weight excluding hydrogens is 390 g/mol. The second kappa shape index (κ2) is 10.2. The summed E-state index contributed by atoms with van der Waals surface area (Å²) in [5.41, 5.74) is 1.62. The van der Waals surface area contributed by atoms with Crippen LogP contribution >= 0.6 is 11.8 Å². The zero-order valence-corrected chi connectivity index (χ0v) is 17.3. The van der Waals surface area contributed by atoms with Crippen molar-refractivity contribution < 1.29 is 14.3 Å². The van der Waals surface area contributed by atoms with Crippen molar-refractivity contribution in [3.8, 4) is 0 Å². The number of carbonyl (C=O) groups is 2. The van der Waals surface area contributed by atoms with Gasteiger partial charge in [-0.25, -0.2) is 4.98 Å². The van der Waals surface area contributed by atoms with Gasteiger partial charge in [-0.15, -0.1) is 0 Å². The number of ether oxygens (including phenoxy) is 1. The third-order valence-electron chi connectivity index (χ3n) is 4.83. The number of fused-ring (bicyclic) bond motifs is 1. The fourth-order valence-corrected chi connectivity index (χ4v) is 4.09. The molecule has 8 heteroatoms. The van der Waals surface area contributed by atoms with E-state index >= 15 is 0 Å². The van der Waals surface area contributed by atoms with Gasteiger partial charge >= 0.3 is 5.97 Å². The Morgan fingerprint density at radius 1 is 1.28 bits per heavy atom. The third kappa shape index (κ3) is 5.69. The second-order valence-electron chi connectivity index (χ2n) is 6.88. The van der Waals surface area contributed by atoms with Crippen molar-refractivity contribution >= 4 is 34.5 Å². The lowest BCUT2D eigenvalue weighted by molar-refractivity contribution is -0.141. The van der Waals surface area contributed by atoms with Crippen molar-refractivity contribution in [3.63, 3.8) is 0 Å². The summed E-state index contributed by atoms with van der Waals surface area (Å²) >= 11 is 1.14. The Bertz CT molecular complexity index is 984.